The first-order valence-corrected chi connectivity index (χ1v) is 8.17. The molecular formula is C12H8BrClN2O4S. The van der Waals surface area contributed by atoms with Gasteiger partial charge in [0.05, 0.1) is 15.5 Å². The number of nitro benzene ring substituents is 1. The van der Waals surface area contributed by atoms with Crippen LogP contribution in [0, 0.1) is 10.1 Å². The van der Waals surface area contributed by atoms with E-state index in [1.54, 1.807) is 12.1 Å². The van der Waals surface area contributed by atoms with Gasteiger partial charge in [0, 0.05) is 10.5 Å². The van der Waals surface area contributed by atoms with Crippen LogP contribution in [0.1, 0.15) is 0 Å². The highest BCUT2D eigenvalue weighted by molar-refractivity contribution is 9.10. The van der Waals surface area contributed by atoms with Crippen molar-refractivity contribution in [1.82, 2.24) is 0 Å². The van der Waals surface area contributed by atoms with E-state index in [2.05, 4.69) is 20.7 Å². The molecule has 0 bridgehead atoms. The predicted octanol–water partition coefficient (Wildman–Crippen LogP) is 3.81. The maximum Gasteiger partial charge on any atom is 0.289 e. The lowest BCUT2D eigenvalue weighted by Crippen LogP contribution is -2.13. The van der Waals surface area contributed by atoms with E-state index in [-0.39, 0.29) is 21.3 Å². The quantitative estimate of drug-likeness (QED) is 0.634. The number of nitrogens with zero attached hydrogens (tertiary/aromatic N) is 1. The molecule has 21 heavy (non-hydrogen) atoms. The van der Waals surface area contributed by atoms with Crippen LogP contribution in [0.25, 0.3) is 0 Å². The van der Waals surface area contributed by atoms with Gasteiger partial charge in [0.2, 0.25) is 0 Å². The van der Waals surface area contributed by atoms with Crippen LogP contribution in [0.2, 0.25) is 5.02 Å². The van der Waals surface area contributed by atoms with E-state index >= 15 is 0 Å². The maximum atomic E-state index is 12.1. The van der Waals surface area contributed by atoms with Crippen molar-refractivity contribution in [3.8, 4) is 0 Å². The fourth-order valence-corrected chi connectivity index (χ4v) is 3.04. The van der Waals surface area contributed by atoms with Crippen molar-refractivity contribution < 1.29 is 13.3 Å². The zero-order valence-corrected chi connectivity index (χ0v) is 13.4. The van der Waals surface area contributed by atoms with E-state index in [1.165, 1.54) is 24.3 Å². The fraction of sp³-hybridized carbons (Fsp3) is 0. The topological polar surface area (TPSA) is 89.3 Å². The Labute approximate surface area is 134 Å². The van der Waals surface area contributed by atoms with Crippen LogP contribution in [-0.2, 0) is 10.0 Å². The maximum absolute atomic E-state index is 12.1. The van der Waals surface area contributed by atoms with Gasteiger partial charge in [0.25, 0.3) is 15.7 Å². The van der Waals surface area contributed by atoms with Gasteiger partial charge in [-0.2, -0.15) is 0 Å². The molecule has 1 N–H and O–H groups in total. The summed E-state index contributed by atoms with van der Waals surface area (Å²) in [4.78, 5) is 10.1. The minimum Gasteiger partial charge on any atom is -0.279 e. The molecule has 0 aliphatic rings. The largest absolute Gasteiger partial charge is 0.289 e. The smallest absolute Gasteiger partial charge is 0.279 e. The molecule has 2 aromatic carbocycles. The second-order valence-electron chi connectivity index (χ2n) is 3.98. The molecule has 0 radical (unpaired) electrons. The lowest BCUT2D eigenvalue weighted by molar-refractivity contribution is -0.384. The van der Waals surface area contributed by atoms with E-state index in [4.69, 9.17) is 11.6 Å². The molecule has 0 fully saturated rings. The zero-order chi connectivity index (χ0) is 15.6. The van der Waals surface area contributed by atoms with Gasteiger partial charge in [0.15, 0.2) is 0 Å². The number of halogens is 2. The van der Waals surface area contributed by atoms with Crippen LogP contribution >= 0.6 is 27.5 Å². The molecule has 2 aromatic rings. The molecule has 0 saturated carbocycles. The van der Waals surface area contributed by atoms with Crippen LogP contribution < -0.4 is 4.72 Å². The third kappa shape index (κ3) is 3.72. The summed E-state index contributed by atoms with van der Waals surface area (Å²) in [5, 5.41) is 10.7. The van der Waals surface area contributed by atoms with Crippen molar-refractivity contribution in [3.05, 3.63) is 62.1 Å². The summed E-state index contributed by atoms with van der Waals surface area (Å²) in [6.45, 7) is 0. The molecule has 0 aliphatic carbocycles. The van der Waals surface area contributed by atoms with Gasteiger partial charge in [0.1, 0.15) is 5.02 Å². The van der Waals surface area contributed by atoms with E-state index in [9.17, 15) is 18.5 Å². The molecule has 0 saturated heterocycles. The molecule has 0 aromatic heterocycles. The molecule has 6 nitrogen and oxygen atoms in total. The Bertz CT molecular complexity index is 793. The highest BCUT2D eigenvalue weighted by atomic mass is 79.9. The Morgan fingerprint density at radius 1 is 1.14 bits per heavy atom. The summed E-state index contributed by atoms with van der Waals surface area (Å²) in [5.41, 5.74) is -0.304. The first-order valence-electron chi connectivity index (χ1n) is 5.52. The molecule has 9 heteroatoms. The van der Waals surface area contributed by atoms with E-state index < -0.39 is 14.9 Å². The van der Waals surface area contributed by atoms with Crippen LogP contribution in [0.15, 0.2) is 51.8 Å². The lowest BCUT2D eigenvalue weighted by atomic mass is 10.3. The number of sulfonamides is 1. The monoisotopic (exact) mass is 390 g/mol. The van der Waals surface area contributed by atoms with Crippen LogP contribution in [0.3, 0.4) is 0 Å². The Morgan fingerprint density at radius 2 is 1.76 bits per heavy atom. The number of hydrogen-bond acceptors (Lipinski definition) is 4. The fourth-order valence-electron chi connectivity index (χ4n) is 1.54. The number of anilines is 1. The van der Waals surface area contributed by atoms with Crippen LogP contribution in [-0.4, -0.2) is 13.3 Å². The second-order valence-corrected chi connectivity index (χ2v) is 6.99. The number of benzene rings is 2. The van der Waals surface area contributed by atoms with E-state index in [1.807, 2.05) is 0 Å². The van der Waals surface area contributed by atoms with E-state index in [0.29, 0.717) is 0 Å². The SMILES string of the molecule is O=[N+]([O-])c1cc(NS(=O)(=O)c2ccc(Br)cc2)ccc1Cl. The van der Waals surface area contributed by atoms with Crippen LogP contribution in [0.4, 0.5) is 11.4 Å². The summed E-state index contributed by atoms with van der Waals surface area (Å²) in [5.74, 6) is 0. The van der Waals surface area contributed by atoms with Gasteiger partial charge in [-0.1, -0.05) is 27.5 Å². The minimum atomic E-state index is -3.82. The first-order chi connectivity index (χ1) is 9.79. The summed E-state index contributed by atoms with van der Waals surface area (Å²) in [6, 6.07) is 9.68. The highest BCUT2D eigenvalue weighted by Gasteiger charge is 2.17. The minimum absolute atomic E-state index is 0.0447. The van der Waals surface area contributed by atoms with Gasteiger partial charge >= 0.3 is 0 Å². The summed E-state index contributed by atoms with van der Waals surface area (Å²) < 4.78 is 27.3. The van der Waals surface area contributed by atoms with Gasteiger partial charge in [-0.05, 0) is 36.4 Å². The Morgan fingerprint density at radius 3 is 2.33 bits per heavy atom. The number of nitrogens with one attached hydrogen (secondary N) is 1. The van der Waals surface area contributed by atoms with Crippen LogP contribution in [0.5, 0.6) is 0 Å². The molecule has 0 heterocycles. The molecule has 110 valence electrons. The predicted molar refractivity (Wildman–Crippen MR) is 83.1 cm³/mol. The normalized spacial score (nSPS) is 11.1. The van der Waals surface area contributed by atoms with Crippen molar-refractivity contribution >= 4 is 48.9 Å². The van der Waals surface area contributed by atoms with E-state index in [0.717, 1.165) is 10.5 Å². The second kappa shape index (κ2) is 6.00. The molecule has 0 spiro atoms. The molecular weight excluding hydrogens is 384 g/mol. The van der Waals surface area contributed by atoms with Crippen molar-refractivity contribution in [1.29, 1.82) is 0 Å². The van der Waals surface area contributed by atoms with Gasteiger partial charge in [-0.15, -0.1) is 0 Å². The average molecular weight is 392 g/mol. The van der Waals surface area contributed by atoms with Crippen molar-refractivity contribution in [3.63, 3.8) is 0 Å². The molecule has 0 unspecified atom stereocenters. The first kappa shape index (κ1) is 15.7. The summed E-state index contributed by atoms with van der Waals surface area (Å²) in [6.07, 6.45) is 0. The highest BCUT2D eigenvalue weighted by Crippen LogP contribution is 2.28. The standard InChI is InChI=1S/C12H8BrClN2O4S/c13-8-1-4-10(5-2-8)21(19,20)15-9-3-6-11(14)12(7-9)16(17)18/h1-7,15H. The van der Waals surface area contributed by atoms with Gasteiger partial charge in [-0.3, -0.25) is 14.8 Å². The third-order valence-corrected chi connectivity index (χ3v) is 4.76. The molecule has 2 rings (SSSR count). The van der Waals surface area contributed by atoms with Crippen molar-refractivity contribution in [2.45, 2.75) is 4.90 Å². The number of rotatable bonds is 4. The Hall–Kier alpha value is -1.64. The zero-order valence-electron chi connectivity index (χ0n) is 10.3. The Balaban J connectivity index is 2.35. The molecule has 0 atom stereocenters. The average Bonchev–Trinajstić information content (AvgIpc) is 2.41. The number of nitro groups is 1. The van der Waals surface area contributed by atoms with Crippen molar-refractivity contribution in [2.75, 3.05) is 4.72 Å². The molecule has 0 aliphatic heterocycles. The summed E-state index contributed by atoms with van der Waals surface area (Å²) in [7, 11) is -3.82. The summed E-state index contributed by atoms with van der Waals surface area (Å²) >= 11 is 8.88. The third-order valence-electron chi connectivity index (χ3n) is 2.52. The Kier molecular flexibility index (Phi) is 4.50. The van der Waals surface area contributed by atoms with Crippen molar-refractivity contribution in [2.24, 2.45) is 0 Å². The van der Waals surface area contributed by atoms with Gasteiger partial charge in [-0.25, -0.2) is 8.42 Å². The lowest BCUT2D eigenvalue weighted by Gasteiger charge is -2.08. The number of hydrogen-bond donors (Lipinski definition) is 1. The van der Waals surface area contributed by atoms with Gasteiger partial charge < -0.3 is 0 Å². The molecule has 0 amide bonds.